The second-order valence-corrected chi connectivity index (χ2v) is 6.08. The molecular formula is C11H4F16O. The highest BCUT2D eigenvalue weighted by atomic mass is 19.4. The first-order valence-corrected chi connectivity index (χ1v) is 6.47. The fourth-order valence-corrected chi connectivity index (χ4v) is 3.79. The maximum absolute atomic E-state index is 14.0. The summed E-state index contributed by atoms with van der Waals surface area (Å²) in [4.78, 5) is 0. The van der Waals surface area contributed by atoms with Gasteiger partial charge in [0.2, 0.25) is 0 Å². The fraction of sp³-hybridized carbons (Fsp3) is 1.00. The number of hydrogen-bond donors (Lipinski definition) is 1. The van der Waals surface area contributed by atoms with Crippen LogP contribution in [0.3, 0.4) is 0 Å². The van der Waals surface area contributed by atoms with Crippen LogP contribution in [-0.2, 0) is 0 Å². The van der Waals surface area contributed by atoms with Crippen LogP contribution in [0.5, 0.6) is 0 Å². The summed E-state index contributed by atoms with van der Waals surface area (Å²) in [6.45, 7) is 0. The molecule has 0 aromatic heterocycles. The van der Waals surface area contributed by atoms with E-state index in [0.29, 0.717) is 0 Å². The Morgan fingerprint density at radius 1 is 0.286 bits per heavy atom. The minimum atomic E-state index is -7.91. The molecule has 28 heavy (non-hydrogen) atoms. The molecule has 0 radical (unpaired) electrons. The van der Waals surface area contributed by atoms with E-state index in [0.717, 1.165) is 7.11 Å². The van der Waals surface area contributed by atoms with E-state index < -0.39 is 58.2 Å². The molecule has 0 amide bonds. The second-order valence-electron chi connectivity index (χ2n) is 6.08. The molecule has 4 bridgehead atoms. The summed E-state index contributed by atoms with van der Waals surface area (Å²) in [7, 11) is 1.00. The van der Waals surface area contributed by atoms with E-state index in [1.807, 2.05) is 0 Å². The summed E-state index contributed by atoms with van der Waals surface area (Å²) < 4.78 is 219. The van der Waals surface area contributed by atoms with Gasteiger partial charge in [0.15, 0.2) is 0 Å². The van der Waals surface area contributed by atoms with Crippen LogP contribution in [0, 0.1) is 0 Å². The first-order chi connectivity index (χ1) is 12.0. The third-order valence-electron chi connectivity index (χ3n) is 5.19. The Morgan fingerprint density at radius 3 is 0.429 bits per heavy atom. The molecule has 4 fully saturated rings. The summed E-state index contributed by atoms with van der Waals surface area (Å²) >= 11 is 0. The van der Waals surface area contributed by atoms with Gasteiger partial charge in [-0.2, -0.15) is 52.7 Å². The number of halogens is 16. The third kappa shape index (κ3) is 1.24. The van der Waals surface area contributed by atoms with E-state index in [1.165, 1.54) is 0 Å². The van der Waals surface area contributed by atoms with Gasteiger partial charge in [0.25, 0.3) is 0 Å². The Balaban J connectivity index is 0.00000136. The Hall–Kier alpha value is -1.16. The lowest BCUT2D eigenvalue weighted by atomic mass is 9.41. The van der Waals surface area contributed by atoms with Crippen molar-refractivity contribution in [3.63, 3.8) is 0 Å². The molecule has 166 valence electrons. The van der Waals surface area contributed by atoms with Crippen molar-refractivity contribution < 1.29 is 75.4 Å². The van der Waals surface area contributed by atoms with Crippen LogP contribution < -0.4 is 0 Å². The van der Waals surface area contributed by atoms with E-state index in [4.69, 9.17) is 5.11 Å². The van der Waals surface area contributed by atoms with Crippen molar-refractivity contribution in [1.29, 1.82) is 0 Å². The fourth-order valence-electron chi connectivity index (χ4n) is 3.79. The van der Waals surface area contributed by atoms with Crippen molar-refractivity contribution in [3.8, 4) is 0 Å². The zero-order chi connectivity index (χ0) is 23.0. The molecule has 4 rings (SSSR count). The van der Waals surface area contributed by atoms with Crippen LogP contribution >= 0.6 is 0 Å². The van der Waals surface area contributed by atoms with Crippen LogP contribution in [-0.4, -0.2) is 70.4 Å². The number of hydrogen-bond acceptors (Lipinski definition) is 1. The summed E-state index contributed by atoms with van der Waals surface area (Å²) in [5, 5.41) is 7.00. The zero-order valence-electron chi connectivity index (χ0n) is 12.5. The highest BCUT2D eigenvalue weighted by molar-refractivity contribution is 5.54. The zero-order valence-corrected chi connectivity index (χ0v) is 12.5. The average Bonchev–Trinajstić information content (AvgIpc) is 2.55. The van der Waals surface area contributed by atoms with Gasteiger partial charge in [-0.3, -0.25) is 0 Å². The number of rotatable bonds is 0. The molecule has 4 aliphatic carbocycles. The molecule has 4 saturated carbocycles. The monoisotopic (exact) mass is 456 g/mol. The summed E-state index contributed by atoms with van der Waals surface area (Å²) in [6, 6.07) is 0. The van der Waals surface area contributed by atoms with E-state index in [2.05, 4.69) is 0 Å². The molecule has 1 nitrogen and oxygen atoms in total. The summed E-state index contributed by atoms with van der Waals surface area (Å²) in [5.74, 6) is -47.5. The van der Waals surface area contributed by atoms with Crippen molar-refractivity contribution in [2.24, 2.45) is 0 Å². The van der Waals surface area contributed by atoms with Crippen molar-refractivity contribution in [2.75, 3.05) is 7.11 Å². The van der Waals surface area contributed by atoms with Crippen molar-refractivity contribution in [2.45, 2.75) is 58.2 Å². The predicted molar refractivity (Wildman–Crippen MR) is 53.2 cm³/mol. The van der Waals surface area contributed by atoms with Crippen LogP contribution in [0.4, 0.5) is 70.2 Å². The van der Waals surface area contributed by atoms with Crippen LogP contribution in [0.15, 0.2) is 0 Å². The highest BCUT2D eigenvalue weighted by Gasteiger charge is 3.23. The Morgan fingerprint density at radius 2 is 0.357 bits per heavy atom. The standard InChI is InChI=1S/C10F16.CH4O/c11-1-5(15,16)2(12)8(21,22)3(13,6(1,17)18)10(25,26)4(14,7(1,19)20)9(2,23)24;1-2/h;2H,1H3. The Labute approximate surface area is 142 Å². The van der Waals surface area contributed by atoms with Crippen molar-refractivity contribution >= 4 is 0 Å². The van der Waals surface area contributed by atoms with E-state index in [9.17, 15) is 70.2 Å². The molecule has 0 saturated heterocycles. The largest absolute Gasteiger partial charge is 0.400 e. The Kier molecular flexibility index (Phi) is 3.80. The van der Waals surface area contributed by atoms with E-state index >= 15 is 0 Å². The Bertz CT molecular complexity index is 514. The lowest BCUT2D eigenvalue weighted by Gasteiger charge is -2.72. The van der Waals surface area contributed by atoms with Crippen LogP contribution in [0.1, 0.15) is 0 Å². The molecule has 0 aromatic carbocycles. The molecule has 0 heterocycles. The van der Waals surface area contributed by atoms with Gasteiger partial charge >= 0.3 is 58.2 Å². The maximum Gasteiger partial charge on any atom is 0.339 e. The van der Waals surface area contributed by atoms with Gasteiger partial charge in [-0.1, -0.05) is 0 Å². The van der Waals surface area contributed by atoms with E-state index in [-0.39, 0.29) is 0 Å². The van der Waals surface area contributed by atoms with Gasteiger partial charge in [-0.15, -0.1) is 0 Å². The molecule has 0 unspecified atom stereocenters. The average molecular weight is 456 g/mol. The molecule has 1 N–H and O–H groups in total. The predicted octanol–water partition coefficient (Wildman–Crippen LogP) is 4.28. The van der Waals surface area contributed by atoms with Gasteiger partial charge in [-0.25, -0.2) is 17.6 Å². The minimum Gasteiger partial charge on any atom is -0.400 e. The molecule has 0 spiro atoms. The van der Waals surface area contributed by atoms with Gasteiger partial charge in [0, 0.05) is 7.11 Å². The number of aliphatic hydroxyl groups is 1. The highest BCUT2D eigenvalue weighted by Crippen LogP contribution is 2.88. The molecule has 0 aromatic rings. The summed E-state index contributed by atoms with van der Waals surface area (Å²) in [5.41, 5.74) is -31.3. The lowest BCUT2D eigenvalue weighted by molar-refractivity contribution is -0.607. The quantitative estimate of drug-likeness (QED) is 0.540. The molecule has 0 atom stereocenters. The summed E-state index contributed by atoms with van der Waals surface area (Å²) in [6.07, 6.45) is 0. The molecule has 0 aliphatic heterocycles. The molecular weight excluding hydrogens is 452 g/mol. The number of aliphatic hydroxyl groups excluding tert-OH is 1. The third-order valence-corrected chi connectivity index (χ3v) is 5.19. The topological polar surface area (TPSA) is 20.2 Å². The van der Waals surface area contributed by atoms with Crippen LogP contribution in [0.2, 0.25) is 0 Å². The molecule has 17 heteroatoms. The van der Waals surface area contributed by atoms with Crippen molar-refractivity contribution in [1.82, 2.24) is 0 Å². The van der Waals surface area contributed by atoms with Crippen molar-refractivity contribution in [3.05, 3.63) is 0 Å². The van der Waals surface area contributed by atoms with Gasteiger partial charge in [0.1, 0.15) is 0 Å². The second kappa shape index (κ2) is 4.61. The smallest absolute Gasteiger partial charge is 0.339 e. The SMILES string of the molecule is CO.FC1(F)C2(F)C(F)(F)C3(F)C(F)(F)C1(F)C(F)(F)C(F)(C2(F)F)C3(F)F. The van der Waals surface area contributed by atoms with Gasteiger partial charge in [-0.05, 0) is 0 Å². The lowest BCUT2D eigenvalue weighted by Crippen LogP contribution is -3.08. The first-order valence-electron chi connectivity index (χ1n) is 6.47. The first kappa shape index (κ1) is 23.1. The minimum absolute atomic E-state index is 1.00. The number of alkyl halides is 16. The van der Waals surface area contributed by atoms with Crippen LogP contribution in [0.25, 0.3) is 0 Å². The van der Waals surface area contributed by atoms with E-state index in [1.54, 1.807) is 0 Å². The van der Waals surface area contributed by atoms with Gasteiger partial charge < -0.3 is 5.11 Å². The molecule has 4 aliphatic rings. The van der Waals surface area contributed by atoms with Gasteiger partial charge in [0.05, 0.1) is 0 Å². The normalized spacial score (nSPS) is 49.9. The maximum atomic E-state index is 14.0.